The molecule has 3 aliphatic heterocycles. The maximum absolute atomic E-state index is 8.12. The molecule has 0 saturated heterocycles. The van der Waals surface area contributed by atoms with Crippen LogP contribution in [0.15, 0.2) is 218 Å². The molecular formula is C84H90Cl6Ge3Si6. The third-order valence-electron chi connectivity index (χ3n) is 20.3. The summed E-state index contributed by atoms with van der Waals surface area (Å²) in [5, 5.41) is 28.8. The molecule has 99 heavy (non-hydrogen) atoms. The van der Waals surface area contributed by atoms with Gasteiger partial charge in [-0.05, 0) is 0 Å². The van der Waals surface area contributed by atoms with E-state index in [1.165, 1.54) is 152 Å². The van der Waals surface area contributed by atoms with E-state index in [0.717, 1.165) is 0 Å². The Bertz CT molecular complexity index is 4860. The van der Waals surface area contributed by atoms with Crippen molar-refractivity contribution in [3.05, 3.63) is 250 Å². The molecule has 3 heterocycles. The number of hydrogen-bond donors (Lipinski definition) is 0. The number of fused-ring (bicyclic) bond motifs is 3. The van der Waals surface area contributed by atoms with Crippen LogP contribution in [0, 0.1) is 0 Å². The van der Waals surface area contributed by atoms with E-state index in [1.54, 1.807) is 0 Å². The molecule has 504 valence electrons. The van der Waals surface area contributed by atoms with Gasteiger partial charge in [-0.15, -0.1) is 0 Å². The SMILES string of the molecule is C[Si](C)(C)[C]1=c2c(c3ccc(cc3)c3ccc(cc3)c3ccc(cc3)c3c(c4ccc(cc4)c4ccc(cc4)c4ccc(cc4)c4c(c5ccc(cc5)c5ccc(cc5)c5ccc2cc5)=[C]([Si](C)(C)C)[Ge]([Cl])([Cl])[C]=4[Si](C)(C)C)=[C]([Si](C)(C)C)[Ge]([Cl])([Cl])[C]=3[Si](C)(C)C)=[C]([Si](C)(C)C)[Ge]1([Cl])[Cl]. The Balaban J connectivity index is 1.10. The van der Waals surface area contributed by atoms with E-state index in [-0.39, 0.29) is 0 Å². The van der Waals surface area contributed by atoms with Crippen molar-refractivity contribution >= 4 is 264 Å². The van der Waals surface area contributed by atoms with Crippen molar-refractivity contribution < 1.29 is 0 Å². The van der Waals surface area contributed by atoms with Crippen molar-refractivity contribution in [3.8, 4) is 0 Å². The van der Waals surface area contributed by atoms with E-state index in [0.29, 0.717) is 0 Å². The minimum absolute atomic E-state index is 1.17. The Labute approximate surface area is 624 Å². The van der Waals surface area contributed by atoms with Crippen LogP contribution in [0.4, 0.5) is 0 Å². The summed E-state index contributed by atoms with van der Waals surface area (Å²) in [7, 11) is 36.2. The molecule has 0 spiro atoms. The quantitative estimate of drug-likeness (QED) is 0.146. The zero-order valence-corrected chi connectivity index (χ0v) is 77.4. The first-order valence-corrected chi connectivity index (χ1v) is 78.6. The maximum atomic E-state index is 8.12. The fourth-order valence-corrected chi connectivity index (χ4v) is 137. The predicted molar refractivity (Wildman–Crippen MR) is 474 cm³/mol. The standard InChI is InChI=1S/C84H90Cl6Ge3Si6/c1-94(2,3)79-73-67-43-31-61(32-44-67)55-19-21-57(22-20-55)63-35-47-69(48-36-63)75-77(83(98(13,14)15)92(87,88)81(75)96(7,8)9)71-51-39-65(40-52-71)59-27-29-60(30-28-59)66-41-53-72(54-42-66)78-76(82(97(10,11)12)93(89,90)84(78)99(16,17)18)70-49-37-64(38-50-70)58-25-23-56(24-26-58)62-33-45-68(46-34-62)74(73)80(91(79,85)86)95(4,5)6/h19-54H,1-18H3. The summed E-state index contributed by atoms with van der Waals surface area (Å²) in [5.41, 5.74) is 0. The summed E-state index contributed by atoms with van der Waals surface area (Å²) in [6.45, 7) is 43.8. The normalized spacial score (nSPS) is 16.0. The molecular weight excluding hydrogens is 1610 g/mol. The first-order valence-electron chi connectivity index (χ1n) is 34.8. The van der Waals surface area contributed by atoms with Gasteiger partial charge in [-0.3, -0.25) is 0 Å². The number of rotatable bonds is 6. The van der Waals surface area contributed by atoms with Crippen LogP contribution in [-0.2, 0) is 0 Å². The van der Waals surface area contributed by atoms with Gasteiger partial charge in [0.25, 0.3) is 0 Å². The van der Waals surface area contributed by atoms with Crippen molar-refractivity contribution in [2.24, 2.45) is 0 Å². The number of halogens is 6. The molecule has 0 saturated carbocycles. The summed E-state index contributed by atoms with van der Waals surface area (Å²) in [4.78, 5) is 0. The van der Waals surface area contributed by atoms with Crippen molar-refractivity contribution in [3.63, 3.8) is 0 Å². The minimum atomic E-state index is -3.82. The first kappa shape index (κ1) is 73.4. The molecule has 15 heteroatoms. The molecule has 0 unspecified atom stereocenters. The van der Waals surface area contributed by atoms with Gasteiger partial charge >= 0.3 is 631 Å². The predicted octanol–water partition coefficient (Wildman–Crippen LogP) is 23.3. The summed E-state index contributed by atoms with van der Waals surface area (Å²) >= 11 is -11.5. The molecule has 0 amide bonds. The third kappa shape index (κ3) is 13.6. The van der Waals surface area contributed by atoms with Gasteiger partial charge in [0.1, 0.15) is 0 Å². The summed E-state index contributed by atoms with van der Waals surface area (Å²) in [6.07, 6.45) is 0. The van der Waals surface area contributed by atoms with Gasteiger partial charge in [0, 0.05) is 0 Å². The number of hydrogen-bond acceptors (Lipinski definition) is 0. The van der Waals surface area contributed by atoms with Gasteiger partial charge in [0.15, 0.2) is 0 Å². The zero-order valence-electron chi connectivity index (χ0n) is 60.6. The van der Waals surface area contributed by atoms with Crippen LogP contribution in [0.2, 0.25) is 118 Å². The van der Waals surface area contributed by atoms with Crippen LogP contribution in [0.1, 0.15) is 0 Å². The van der Waals surface area contributed by atoms with Crippen molar-refractivity contribution in [2.45, 2.75) is 118 Å². The van der Waals surface area contributed by atoms with E-state index in [9.17, 15) is 0 Å². The Kier molecular flexibility index (Phi) is 19.5. The molecule has 0 aromatic heterocycles. The number of benzene rings is 9. The van der Waals surface area contributed by atoms with Crippen LogP contribution in [0.25, 0.3) is 121 Å². The molecule has 0 fully saturated rings. The van der Waals surface area contributed by atoms with Crippen molar-refractivity contribution in [1.82, 2.24) is 0 Å². The van der Waals surface area contributed by atoms with Gasteiger partial charge in [-0.25, -0.2) is 0 Å². The Hall–Kier alpha value is -3.91. The molecule has 18 bridgehead atoms. The van der Waals surface area contributed by atoms with Gasteiger partial charge in [-0.2, -0.15) is 0 Å². The van der Waals surface area contributed by atoms with Gasteiger partial charge < -0.3 is 0 Å². The second-order valence-electron chi connectivity index (χ2n) is 33.9. The van der Waals surface area contributed by atoms with Crippen molar-refractivity contribution in [1.29, 1.82) is 0 Å². The van der Waals surface area contributed by atoms with Crippen LogP contribution in [0.3, 0.4) is 0 Å². The fourth-order valence-electron chi connectivity index (χ4n) is 16.4. The van der Waals surface area contributed by atoms with Crippen LogP contribution in [-0.4, -0.2) is 82.7 Å². The molecule has 0 radical (unpaired) electrons. The summed E-state index contributed by atoms with van der Waals surface area (Å²) < 4.78 is 8.25. The summed E-state index contributed by atoms with van der Waals surface area (Å²) in [5.74, 6) is 0. The molecule has 0 nitrogen and oxygen atoms in total. The Morgan fingerprint density at radius 3 is 0.283 bits per heavy atom. The van der Waals surface area contributed by atoms with Crippen LogP contribution in [0.5, 0.6) is 0 Å². The molecule has 25 rings (SSSR count). The van der Waals surface area contributed by atoms with Crippen LogP contribution < -0.4 is 31.3 Å². The van der Waals surface area contributed by atoms with E-state index < -0.39 is 82.7 Å². The second-order valence-corrected chi connectivity index (χ2v) is 104. The molecule has 0 aliphatic carbocycles. The van der Waals surface area contributed by atoms with Gasteiger partial charge in [0.05, 0.1) is 0 Å². The fraction of sp³-hybridized carbons (Fsp3) is 0.214. The van der Waals surface area contributed by atoms with Gasteiger partial charge in [0.2, 0.25) is 0 Å². The first-order chi connectivity index (χ1) is 46.2. The second kappa shape index (κ2) is 26.3. The van der Waals surface area contributed by atoms with E-state index in [1.807, 2.05) is 0 Å². The zero-order chi connectivity index (χ0) is 71.3. The molecule has 0 N–H and O–H groups in total. The average molecular weight is 1700 g/mol. The Morgan fingerprint density at radius 2 is 0.212 bits per heavy atom. The van der Waals surface area contributed by atoms with E-state index >= 15 is 0 Å². The summed E-state index contributed by atoms with van der Waals surface area (Å²) in [6, 6.07) is 82.7. The molecule has 22 aromatic carbocycles. The van der Waals surface area contributed by atoms with Crippen LogP contribution >= 0.6 is 60.1 Å². The molecule has 22 aromatic rings. The third-order valence-corrected chi connectivity index (χ3v) is 104. The Morgan fingerprint density at radius 1 is 0.141 bits per heavy atom. The van der Waals surface area contributed by atoms with Crippen molar-refractivity contribution in [2.75, 3.05) is 0 Å². The topological polar surface area (TPSA) is 0 Å². The molecule has 0 atom stereocenters. The van der Waals surface area contributed by atoms with E-state index in [4.69, 9.17) is 60.1 Å². The average Bonchev–Trinajstić information content (AvgIpc) is 1.57. The van der Waals surface area contributed by atoms with Gasteiger partial charge in [-0.1, -0.05) is 0 Å². The monoisotopic (exact) mass is 1700 g/mol. The van der Waals surface area contributed by atoms with E-state index in [2.05, 4.69) is 336 Å². The molecule has 3 aliphatic rings.